The minimum Gasteiger partial charge on any atom is -0.381 e. The van der Waals surface area contributed by atoms with Gasteiger partial charge in [-0.3, -0.25) is 19.7 Å². The number of benzene rings is 1. The van der Waals surface area contributed by atoms with Crippen LogP contribution in [0.3, 0.4) is 0 Å². The fraction of sp³-hybridized carbons (Fsp3) is 0.455. The van der Waals surface area contributed by atoms with E-state index >= 15 is 0 Å². The van der Waals surface area contributed by atoms with Crippen molar-refractivity contribution in [1.29, 1.82) is 0 Å². The van der Waals surface area contributed by atoms with Gasteiger partial charge in [-0.25, -0.2) is 4.98 Å². The van der Waals surface area contributed by atoms with Crippen LogP contribution in [0.15, 0.2) is 24.5 Å². The molecule has 3 amide bonds. The van der Waals surface area contributed by atoms with Crippen LogP contribution in [0, 0.1) is 0 Å². The molecule has 30 heavy (non-hydrogen) atoms. The number of nitrogens with one attached hydrogen (secondary N) is 1. The van der Waals surface area contributed by atoms with Crippen molar-refractivity contribution in [3.63, 3.8) is 0 Å². The van der Waals surface area contributed by atoms with Crippen LogP contribution in [0.4, 0.5) is 0 Å². The molecule has 1 unspecified atom stereocenters. The van der Waals surface area contributed by atoms with Gasteiger partial charge < -0.3 is 14.2 Å². The molecule has 3 aliphatic heterocycles. The number of ether oxygens (including phenoxy) is 1. The van der Waals surface area contributed by atoms with E-state index in [1.54, 1.807) is 4.90 Å². The highest BCUT2D eigenvalue weighted by molar-refractivity contribution is 6.05. The number of rotatable bonds is 3. The van der Waals surface area contributed by atoms with Crippen molar-refractivity contribution < 1.29 is 19.1 Å². The van der Waals surface area contributed by atoms with E-state index in [1.165, 1.54) is 5.69 Å². The molecule has 1 atom stereocenters. The van der Waals surface area contributed by atoms with Gasteiger partial charge in [-0.15, -0.1) is 0 Å². The first-order valence-electron chi connectivity index (χ1n) is 10.4. The van der Waals surface area contributed by atoms with Gasteiger partial charge in [0.1, 0.15) is 6.04 Å². The van der Waals surface area contributed by atoms with Crippen molar-refractivity contribution in [2.75, 3.05) is 13.2 Å². The van der Waals surface area contributed by atoms with Crippen LogP contribution in [0.25, 0.3) is 11.3 Å². The minimum atomic E-state index is -0.598. The Balaban J connectivity index is 1.44. The Labute approximate surface area is 174 Å². The maximum absolute atomic E-state index is 12.9. The Morgan fingerprint density at radius 2 is 1.93 bits per heavy atom. The molecule has 4 heterocycles. The quantitative estimate of drug-likeness (QED) is 0.781. The number of piperidine rings is 1. The van der Waals surface area contributed by atoms with Crippen molar-refractivity contribution in [2.45, 2.75) is 44.2 Å². The topological polar surface area (TPSA) is 93.5 Å². The largest absolute Gasteiger partial charge is 0.381 e. The Morgan fingerprint density at radius 3 is 2.70 bits per heavy atom. The molecule has 5 rings (SSSR count). The Hall–Kier alpha value is -3.00. The number of amides is 3. The second-order valence-corrected chi connectivity index (χ2v) is 8.25. The number of carbonyl (C=O) groups is 3. The Bertz CT molecular complexity index is 1040. The molecule has 0 spiro atoms. The van der Waals surface area contributed by atoms with Crippen molar-refractivity contribution >= 4 is 17.7 Å². The highest BCUT2D eigenvalue weighted by Crippen LogP contribution is 2.36. The third-order valence-corrected chi connectivity index (χ3v) is 6.39. The van der Waals surface area contributed by atoms with Crippen LogP contribution in [0.2, 0.25) is 0 Å². The van der Waals surface area contributed by atoms with Crippen molar-refractivity contribution in [1.82, 2.24) is 19.8 Å². The van der Waals surface area contributed by atoms with Gasteiger partial charge in [-0.05, 0) is 37.0 Å². The summed E-state index contributed by atoms with van der Waals surface area (Å²) >= 11 is 0. The molecular formula is C22H24N4O4. The summed E-state index contributed by atoms with van der Waals surface area (Å²) in [6.07, 6.45) is 4.41. The summed E-state index contributed by atoms with van der Waals surface area (Å²) in [6.45, 7) is 1.89. The van der Waals surface area contributed by atoms with Crippen molar-refractivity contribution in [3.05, 3.63) is 41.3 Å². The van der Waals surface area contributed by atoms with E-state index in [4.69, 9.17) is 4.74 Å². The summed E-state index contributed by atoms with van der Waals surface area (Å²) in [6, 6.07) is 5.19. The second kappa shape index (κ2) is 7.36. The van der Waals surface area contributed by atoms with E-state index in [0.717, 1.165) is 42.9 Å². The van der Waals surface area contributed by atoms with Crippen molar-refractivity contribution in [2.24, 2.45) is 7.05 Å². The molecule has 0 radical (unpaired) electrons. The van der Waals surface area contributed by atoms with Gasteiger partial charge in [0.25, 0.3) is 5.91 Å². The van der Waals surface area contributed by atoms with Gasteiger partial charge in [0.2, 0.25) is 11.8 Å². The Morgan fingerprint density at radius 1 is 1.13 bits per heavy atom. The average molecular weight is 408 g/mol. The molecule has 0 aliphatic carbocycles. The van der Waals surface area contributed by atoms with E-state index < -0.39 is 6.04 Å². The lowest BCUT2D eigenvalue weighted by atomic mass is 9.92. The summed E-state index contributed by atoms with van der Waals surface area (Å²) in [7, 11) is 2.02. The number of aromatic nitrogens is 2. The summed E-state index contributed by atoms with van der Waals surface area (Å²) in [5, 5.41) is 2.34. The third kappa shape index (κ3) is 3.11. The number of aryl methyl sites for hydroxylation is 1. The zero-order chi connectivity index (χ0) is 20.8. The lowest BCUT2D eigenvalue weighted by Gasteiger charge is -2.29. The zero-order valence-electron chi connectivity index (χ0n) is 16.9. The highest BCUT2D eigenvalue weighted by atomic mass is 16.5. The molecule has 1 aromatic carbocycles. The fourth-order valence-corrected chi connectivity index (χ4v) is 4.84. The van der Waals surface area contributed by atoms with Gasteiger partial charge in [-0.2, -0.15) is 0 Å². The van der Waals surface area contributed by atoms with Crippen molar-refractivity contribution in [3.8, 4) is 11.3 Å². The number of nitrogens with zero attached hydrogens (tertiary/aromatic N) is 3. The normalized spacial score (nSPS) is 22.4. The van der Waals surface area contributed by atoms with E-state index in [1.807, 2.05) is 31.6 Å². The maximum Gasteiger partial charge on any atom is 0.255 e. The summed E-state index contributed by atoms with van der Waals surface area (Å²) in [4.78, 5) is 42.8. The predicted molar refractivity (Wildman–Crippen MR) is 107 cm³/mol. The summed E-state index contributed by atoms with van der Waals surface area (Å²) in [5.41, 5.74) is 4.63. The van der Waals surface area contributed by atoms with Crippen LogP contribution in [-0.2, 0) is 27.9 Å². The first-order valence-corrected chi connectivity index (χ1v) is 10.4. The second-order valence-electron chi connectivity index (χ2n) is 8.25. The van der Waals surface area contributed by atoms with Gasteiger partial charge >= 0.3 is 0 Å². The molecule has 2 fully saturated rings. The molecule has 8 nitrogen and oxygen atoms in total. The predicted octanol–water partition coefficient (Wildman–Crippen LogP) is 1.74. The van der Waals surface area contributed by atoms with E-state index in [9.17, 15) is 14.4 Å². The highest BCUT2D eigenvalue weighted by Gasteiger charge is 2.39. The molecule has 8 heteroatoms. The van der Waals surface area contributed by atoms with Crippen LogP contribution in [-0.4, -0.2) is 51.4 Å². The van der Waals surface area contributed by atoms with Crippen LogP contribution >= 0.6 is 0 Å². The summed E-state index contributed by atoms with van der Waals surface area (Å²) < 4.78 is 7.60. The number of carbonyl (C=O) groups excluding carboxylic acids is 3. The lowest BCUT2D eigenvalue weighted by Crippen LogP contribution is -2.52. The molecule has 1 aromatic heterocycles. The van der Waals surface area contributed by atoms with Crippen LogP contribution in [0.1, 0.15) is 53.2 Å². The molecule has 0 bridgehead atoms. The molecule has 0 saturated carbocycles. The maximum atomic E-state index is 12.9. The third-order valence-electron chi connectivity index (χ3n) is 6.39. The summed E-state index contributed by atoms with van der Waals surface area (Å²) in [5.74, 6) is -0.425. The van der Waals surface area contributed by atoms with Gasteiger partial charge in [0.05, 0.1) is 12.0 Å². The lowest BCUT2D eigenvalue weighted by molar-refractivity contribution is -0.136. The molecule has 156 valence electrons. The average Bonchev–Trinajstić information content (AvgIpc) is 3.28. The van der Waals surface area contributed by atoms with E-state index in [-0.39, 0.29) is 24.1 Å². The minimum absolute atomic E-state index is 0.156. The first kappa shape index (κ1) is 19.0. The van der Waals surface area contributed by atoms with Gasteiger partial charge in [0.15, 0.2) is 0 Å². The monoisotopic (exact) mass is 408 g/mol. The number of hydrogen-bond donors (Lipinski definition) is 1. The molecule has 3 aliphatic rings. The standard InChI is InChI=1S/C22H24N4O4/c1-25-12-23-19(20(25)13-6-8-30-9-7-13)14-2-3-16-15(10-14)11-26(22(16)29)17-4-5-18(27)24-21(17)28/h2-3,10,12-13,17H,4-9,11H2,1H3,(H,24,27,28). The van der Waals surface area contributed by atoms with E-state index in [2.05, 4.69) is 14.9 Å². The first-order chi connectivity index (χ1) is 14.5. The molecule has 1 N–H and O–H groups in total. The fourth-order valence-electron chi connectivity index (χ4n) is 4.84. The smallest absolute Gasteiger partial charge is 0.255 e. The number of imidazole rings is 1. The molecule has 2 aromatic rings. The van der Waals surface area contributed by atoms with Gasteiger partial charge in [0, 0.05) is 56.0 Å². The Kier molecular flexibility index (Phi) is 4.66. The SMILES string of the molecule is Cn1cnc(-c2ccc3c(c2)CN(C2CCC(=O)NC2=O)C3=O)c1C1CCOCC1. The zero-order valence-corrected chi connectivity index (χ0v) is 16.9. The number of imide groups is 1. The van der Waals surface area contributed by atoms with Crippen LogP contribution in [0.5, 0.6) is 0 Å². The number of fused-ring (bicyclic) bond motifs is 1. The molecular weight excluding hydrogens is 384 g/mol. The number of hydrogen-bond acceptors (Lipinski definition) is 5. The van der Waals surface area contributed by atoms with E-state index in [0.29, 0.717) is 24.4 Å². The van der Waals surface area contributed by atoms with Crippen LogP contribution < -0.4 is 5.32 Å². The molecule has 2 saturated heterocycles. The van der Waals surface area contributed by atoms with Gasteiger partial charge in [-0.1, -0.05) is 6.07 Å².